The van der Waals surface area contributed by atoms with Crippen molar-refractivity contribution < 1.29 is 61.7 Å². The molecule has 24 nitrogen and oxygen atoms in total. The molecule has 0 aliphatic rings. The van der Waals surface area contributed by atoms with E-state index in [-0.39, 0.29) is 38.1 Å². The molecule has 1 aromatic heterocycles. The summed E-state index contributed by atoms with van der Waals surface area (Å²) in [6.07, 6.45) is 0.412. The molecule has 0 saturated heterocycles. The second-order valence-electron chi connectivity index (χ2n) is 20.4. The molecule has 11 N–H and O–H groups in total. The Morgan fingerprint density at radius 2 is 1.23 bits per heavy atom. The molecule has 0 bridgehead atoms. The molecule has 0 aliphatic heterocycles. The number of nitrogens with one attached hydrogen (secondary N) is 11. The van der Waals surface area contributed by atoms with Crippen molar-refractivity contribution in [2.45, 2.75) is 152 Å². The molecule has 3 rings (SSSR count). The number of aryl methyl sites for hydroxylation is 1. The minimum absolute atomic E-state index is 0.00704. The lowest BCUT2D eigenvalue weighted by Gasteiger charge is -2.34. The summed E-state index contributed by atoms with van der Waals surface area (Å²) in [6, 6.07) is 2.68. The van der Waals surface area contributed by atoms with Crippen molar-refractivity contribution in [3.63, 3.8) is 0 Å². The molecule has 460 valence electrons. The van der Waals surface area contributed by atoms with Crippen LogP contribution in [-0.2, 0) is 69.8 Å². The van der Waals surface area contributed by atoms with E-state index in [0.717, 1.165) is 16.5 Å². The third-order valence-electron chi connectivity index (χ3n) is 13.2. The molecular weight excluding hydrogens is 1220 g/mol. The van der Waals surface area contributed by atoms with Crippen LogP contribution in [0.5, 0.6) is 5.75 Å². The van der Waals surface area contributed by atoms with Crippen molar-refractivity contribution >= 4 is 147 Å². The molecule has 9 amide bonds. The zero-order valence-electron chi connectivity index (χ0n) is 47.7. The van der Waals surface area contributed by atoms with Crippen LogP contribution in [0.2, 0.25) is 0 Å². The van der Waals surface area contributed by atoms with Gasteiger partial charge in [0.2, 0.25) is 53.2 Å². The van der Waals surface area contributed by atoms with Gasteiger partial charge in [-0.15, -0.1) is 22.8 Å². The number of rotatable bonds is 35. The predicted molar refractivity (Wildman–Crippen MR) is 343 cm³/mol. The van der Waals surface area contributed by atoms with Crippen LogP contribution in [0.15, 0.2) is 48.7 Å². The molecular formula is C51H81N11O13P6S2. The van der Waals surface area contributed by atoms with Crippen molar-refractivity contribution in [3.05, 3.63) is 65.4 Å². The number of H-pyrrole nitrogens is 1. The highest BCUT2D eigenvalue weighted by Gasteiger charge is 2.42. The zero-order valence-corrected chi connectivity index (χ0v) is 56.3. The van der Waals surface area contributed by atoms with Gasteiger partial charge in [-0.1, -0.05) is 56.6 Å². The van der Waals surface area contributed by atoms with Crippen LogP contribution in [0.4, 0.5) is 0 Å². The lowest BCUT2D eigenvalue weighted by Crippen LogP contribution is -2.64. The Morgan fingerprint density at radius 3 is 1.80 bits per heavy atom. The number of aromatic amines is 1. The Hall–Kier alpha value is -4.32. The molecule has 83 heavy (non-hydrogen) atoms. The maximum absolute atomic E-state index is 15.0. The first-order valence-electron chi connectivity index (χ1n) is 26.2. The molecule has 0 fully saturated rings. The van der Waals surface area contributed by atoms with E-state index in [4.69, 9.17) is 13.8 Å². The number of ether oxygens (including phenoxy) is 1. The van der Waals surface area contributed by atoms with E-state index >= 15 is 4.79 Å². The van der Waals surface area contributed by atoms with E-state index in [1.807, 2.05) is 53.4 Å². The number of hydrogen-bond donors (Lipinski definition) is 11. The average Bonchev–Trinajstić information content (AvgIpc) is 3.91. The molecule has 0 saturated carbocycles. The van der Waals surface area contributed by atoms with E-state index in [1.165, 1.54) is 43.5 Å². The largest absolute Gasteiger partial charge is 0.492 e. The Morgan fingerprint density at radius 1 is 0.651 bits per heavy atom. The Bertz CT molecular complexity index is 2730. The fraction of sp³-hybridized carbons (Fsp3) is 0.529. The Labute approximate surface area is 506 Å². The van der Waals surface area contributed by atoms with Gasteiger partial charge in [0.15, 0.2) is 0 Å². The number of carbonyl (C=O) groups is 10. The summed E-state index contributed by atoms with van der Waals surface area (Å²) in [5.74, 6) is -6.81. The van der Waals surface area contributed by atoms with Gasteiger partial charge in [0.05, 0.1) is 22.0 Å². The maximum Gasteiger partial charge on any atom is 0.331 e. The Kier molecular flexibility index (Phi) is 31.6. The van der Waals surface area contributed by atoms with Crippen LogP contribution < -0.4 is 57.4 Å². The summed E-state index contributed by atoms with van der Waals surface area (Å²) in [5, 5.41) is 27.6. The quantitative estimate of drug-likeness (QED) is 0.0297. The van der Waals surface area contributed by atoms with Gasteiger partial charge in [-0.05, 0) is 99.0 Å². The van der Waals surface area contributed by atoms with Crippen molar-refractivity contribution in [1.29, 1.82) is 0 Å². The fourth-order valence-electron chi connectivity index (χ4n) is 8.35. The highest BCUT2D eigenvalue weighted by Crippen LogP contribution is 2.35. The van der Waals surface area contributed by atoms with Crippen molar-refractivity contribution in [2.24, 2.45) is 0 Å². The van der Waals surface area contributed by atoms with Gasteiger partial charge < -0.3 is 66.4 Å². The molecule has 0 aliphatic carbocycles. The van der Waals surface area contributed by atoms with Crippen LogP contribution in [0.25, 0.3) is 10.9 Å². The third-order valence-corrected chi connectivity index (χ3v) is 19.8. The van der Waals surface area contributed by atoms with Crippen LogP contribution in [0.1, 0.15) is 90.8 Å². The topological polar surface area (TPSA) is 334 Å². The second-order valence-corrected chi connectivity index (χ2v) is 25.6. The van der Waals surface area contributed by atoms with E-state index in [2.05, 4.69) is 84.0 Å². The first-order valence-corrected chi connectivity index (χ1v) is 32.9. The van der Waals surface area contributed by atoms with Crippen molar-refractivity contribution in [1.82, 2.24) is 57.7 Å². The molecule has 2 aromatic carbocycles. The summed E-state index contributed by atoms with van der Waals surface area (Å²) in [4.78, 5) is 140. The number of fused-ring (bicyclic) bond motifs is 1. The third kappa shape index (κ3) is 23.5. The van der Waals surface area contributed by atoms with Gasteiger partial charge in [0.25, 0.3) is 0 Å². The first-order chi connectivity index (χ1) is 39.2. The number of benzene rings is 2. The van der Waals surface area contributed by atoms with Gasteiger partial charge in [0.1, 0.15) is 54.6 Å². The minimum atomic E-state index is -1.60. The van der Waals surface area contributed by atoms with Gasteiger partial charge in [-0.25, -0.2) is 4.79 Å². The van der Waals surface area contributed by atoms with Gasteiger partial charge in [-0.3, -0.25) is 48.2 Å². The van der Waals surface area contributed by atoms with E-state index in [1.54, 1.807) is 58.2 Å². The summed E-state index contributed by atoms with van der Waals surface area (Å²) < 4.78 is 14.2. The molecule has 0 spiro atoms. The number of hydrogen-bond acceptors (Lipinski definition) is 16. The summed E-state index contributed by atoms with van der Waals surface area (Å²) in [7, 11) is 13.2. The lowest BCUT2D eigenvalue weighted by atomic mass is 9.98. The highest BCUT2D eigenvalue weighted by molar-refractivity contribution is 8.44. The van der Waals surface area contributed by atoms with Crippen LogP contribution in [0.3, 0.4) is 0 Å². The first kappa shape index (κ1) is 72.9. The number of para-hydroxylation sites is 1. The second kappa shape index (κ2) is 36.0. The van der Waals surface area contributed by atoms with E-state index in [0.29, 0.717) is 36.4 Å². The minimum Gasteiger partial charge on any atom is -0.492 e. The number of carbonyl (C=O) groups excluding carboxylic acids is 10. The molecule has 1 heterocycles. The highest BCUT2D eigenvalue weighted by atomic mass is 32.7. The van der Waals surface area contributed by atoms with Crippen LogP contribution in [-0.4, -0.2) is 142 Å². The number of amides is 9. The van der Waals surface area contributed by atoms with Crippen LogP contribution in [0, 0.1) is 6.92 Å². The monoisotopic (exact) mass is 1310 g/mol. The molecule has 32 heteroatoms. The maximum atomic E-state index is 15.0. The Balaban J connectivity index is 2.08. The average molecular weight is 1310 g/mol. The van der Waals surface area contributed by atoms with Crippen molar-refractivity contribution in [2.75, 3.05) is 19.7 Å². The van der Waals surface area contributed by atoms with Gasteiger partial charge in [0, 0.05) is 75.8 Å². The molecule has 6 unspecified atom stereocenters. The predicted octanol–water partition coefficient (Wildman–Crippen LogP) is 2.17. The molecule has 14 atom stereocenters. The summed E-state index contributed by atoms with van der Waals surface area (Å²) in [5.41, 5.74) is 2.90. The number of aromatic nitrogens is 1. The lowest BCUT2D eigenvalue weighted by molar-refractivity contribution is -0.139. The molecule has 0 radical (unpaired) electrons. The van der Waals surface area contributed by atoms with Gasteiger partial charge >= 0.3 is 5.97 Å². The smallest absolute Gasteiger partial charge is 0.331 e. The SMILES string of the molecule is CC(=O)NCCCC[C@H](NC(=O)[C@H](Cc1c[nH]c2c(C)cccc12)NC(=O)[C@@H](NC(=O)[C@H](CC(=O)NP)NC(=O)[C@@H](NC(C)=O)C(C)(C)SP)[C@@H](C)OP)C(=O)N[C@H](C(=O)N[C@@H](Cc1ccc(OCCNP)cc1)C(=O)OP)C(C)(C)SP. The van der Waals surface area contributed by atoms with Crippen molar-refractivity contribution in [3.8, 4) is 5.75 Å². The summed E-state index contributed by atoms with van der Waals surface area (Å²) in [6.45, 7) is 14.0. The summed E-state index contributed by atoms with van der Waals surface area (Å²) >= 11 is 2.37. The van der Waals surface area contributed by atoms with E-state index in [9.17, 15) is 43.2 Å². The fourth-order valence-corrected chi connectivity index (χ4v) is 10.3. The van der Waals surface area contributed by atoms with Gasteiger partial charge in [-0.2, -0.15) is 0 Å². The zero-order chi connectivity index (χ0) is 62.2. The van der Waals surface area contributed by atoms with E-state index < -0.39 is 118 Å². The normalized spacial score (nSPS) is 14.4. The van der Waals surface area contributed by atoms with Crippen LogP contribution >= 0.6 is 77.4 Å². The standard InChI is InChI=1S/C51H81N11O13P6S2/c1-26-12-11-13-33-31(25-53-39(26)33)23-35(57-46(69)40(27(2)74-78)60-45(68)36(24-38(65)62-77)58-47(70)41(55-29(4)64)50(5,6)82-80)44(67)56-34(14-9-10-19-52-28(3)63)43(66)61-42(51(7,8)83-81)48(71)59-37(49(72)75-79)22-30-15-17-32(18-16-30)73-21-20-54-76/h11-13,15-18,25,27,34-37,40-42,53-54H,9-10,14,19-24,76-81H2,1-8H3,(H,52,63)(H,55,64)(H,56,67)(H,57,69)(H,58,70)(H,59,71)(H,60,68)(H,61,66)(H,62,65)/t27-,34+,35+,36+,37+,40+,41-,42-/m1/s1. The number of unbranched alkanes of at least 4 members (excludes halogenated alkanes) is 1. The molecule has 3 aromatic rings.